The number of aliphatic hydroxyl groups excluding tert-OH is 1. The number of rotatable bonds is 6. The first-order valence-corrected chi connectivity index (χ1v) is 19.2. The Kier molecular flexibility index (Phi) is 7.90. The van der Waals surface area contributed by atoms with Gasteiger partial charge in [-0.15, -0.1) is 0 Å². The molecule has 3 saturated heterocycles. The Morgan fingerprint density at radius 1 is 1.08 bits per heavy atom. The summed E-state index contributed by atoms with van der Waals surface area (Å²) in [6, 6.07) is -0.0730. The topological polar surface area (TPSA) is 136 Å². The van der Waals surface area contributed by atoms with Gasteiger partial charge in [-0.1, -0.05) is 27.7 Å². The highest BCUT2D eigenvalue weighted by Crippen LogP contribution is 2.87. The van der Waals surface area contributed by atoms with Crippen LogP contribution in [0.5, 0.6) is 0 Å². The second-order valence-electron chi connectivity index (χ2n) is 19.1. The van der Waals surface area contributed by atoms with Crippen molar-refractivity contribution < 1.29 is 34.0 Å². The number of nitrogens with zero attached hydrogens (tertiary/aromatic N) is 1. The molecule has 10 nitrogen and oxygen atoms in total. The summed E-state index contributed by atoms with van der Waals surface area (Å²) in [7, 11) is 0. The molecule has 0 bridgehead atoms. The normalized spacial score (nSPS) is 52.1. The largest absolute Gasteiger partial charge is 0.388 e. The number of carbonyl (C=O) groups is 1. The monoisotopic (exact) mass is 673 g/mol. The van der Waals surface area contributed by atoms with Gasteiger partial charge < -0.3 is 40.2 Å². The summed E-state index contributed by atoms with van der Waals surface area (Å²) in [4.78, 5) is 14.7. The van der Waals surface area contributed by atoms with Crippen molar-refractivity contribution in [3.8, 4) is 0 Å². The molecule has 3 heterocycles. The number of amides is 1. The highest BCUT2D eigenvalue weighted by molar-refractivity contribution is 5.73. The van der Waals surface area contributed by atoms with Gasteiger partial charge in [0.05, 0.1) is 74.0 Å². The predicted octanol–water partition coefficient (Wildman–Crippen LogP) is 3.21. The van der Waals surface area contributed by atoms with Crippen LogP contribution in [0.15, 0.2) is 0 Å². The summed E-state index contributed by atoms with van der Waals surface area (Å²) < 4.78 is 25.4. The predicted molar refractivity (Wildman–Crippen MR) is 180 cm³/mol. The Balaban J connectivity index is 1.03. The van der Waals surface area contributed by atoms with Gasteiger partial charge in [0.2, 0.25) is 5.91 Å². The van der Waals surface area contributed by atoms with Gasteiger partial charge in [0.25, 0.3) is 0 Å². The fourth-order valence-corrected chi connectivity index (χ4v) is 14.0. The Labute approximate surface area is 287 Å². The first-order chi connectivity index (χ1) is 22.5. The van der Waals surface area contributed by atoms with E-state index in [1.165, 1.54) is 19.8 Å². The average Bonchev–Trinajstić information content (AvgIpc) is 3.61. The van der Waals surface area contributed by atoms with Crippen molar-refractivity contribution in [1.82, 2.24) is 10.2 Å². The minimum absolute atomic E-state index is 0.0173. The molecule has 5 N–H and O–H groups in total. The van der Waals surface area contributed by atoms with Gasteiger partial charge in [0.15, 0.2) is 6.29 Å². The average molecular weight is 674 g/mol. The smallest absolute Gasteiger partial charge is 0.217 e. The molecular weight excluding hydrogens is 610 g/mol. The first-order valence-electron chi connectivity index (χ1n) is 19.2. The van der Waals surface area contributed by atoms with Crippen molar-refractivity contribution in [2.75, 3.05) is 32.9 Å². The third kappa shape index (κ3) is 4.55. The Hall–Kier alpha value is -0.850. The van der Waals surface area contributed by atoms with Crippen molar-refractivity contribution in [2.24, 2.45) is 51.1 Å². The minimum Gasteiger partial charge on any atom is -0.388 e. The van der Waals surface area contributed by atoms with Crippen LogP contribution in [-0.4, -0.2) is 108 Å². The highest BCUT2D eigenvalue weighted by atomic mass is 16.7. The van der Waals surface area contributed by atoms with E-state index in [0.717, 1.165) is 58.4 Å². The fraction of sp³-hybridized carbons (Fsp3) is 0.974. The van der Waals surface area contributed by atoms with Gasteiger partial charge >= 0.3 is 0 Å². The van der Waals surface area contributed by atoms with Crippen molar-refractivity contribution >= 4 is 5.91 Å². The lowest BCUT2D eigenvalue weighted by Crippen LogP contribution is -2.70. The van der Waals surface area contributed by atoms with E-state index < -0.39 is 35.5 Å². The van der Waals surface area contributed by atoms with Gasteiger partial charge in [-0.25, -0.2) is 0 Å². The second kappa shape index (κ2) is 11.1. The van der Waals surface area contributed by atoms with E-state index >= 15 is 0 Å². The van der Waals surface area contributed by atoms with Gasteiger partial charge in [-0.05, 0) is 111 Å². The maximum Gasteiger partial charge on any atom is 0.217 e. The highest BCUT2D eigenvalue weighted by Gasteiger charge is 2.85. The number of nitrogens with two attached hydrogens (primary N) is 1. The van der Waals surface area contributed by atoms with Crippen LogP contribution in [0.4, 0.5) is 0 Å². The molecule has 48 heavy (non-hydrogen) atoms. The van der Waals surface area contributed by atoms with Gasteiger partial charge in [0, 0.05) is 13.5 Å². The molecule has 0 radical (unpaired) electrons. The van der Waals surface area contributed by atoms with E-state index in [4.69, 9.17) is 24.7 Å². The molecule has 8 aliphatic rings. The summed E-state index contributed by atoms with van der Waals surface area (Å²) in [5, 5.41) is 26.5. The van der Waals surface area contributed by atoms with Crippen molar-refractivity contribution in [3.05, 3.63) is 0 Å². The fourth-order valence-electron chi connectivity index (χ4n) is 14.0. The zero-order chi connectivity index (χ0) is 34.2. The molecule has 5 saturated carbocycles. The van der Waals surface area contributed by atoms with E-state index in [0.29, 0.717) is 25.0 Å². The van der Waals surface area contributed by atoms with Crippen LogP contribution >= 0.6 is 0 Å². The SMILES string of the molecule is CC(=O)N[C@@H](C1C[C@@H](C)[C@H]2C(O1)[C@H](O)[C@@]1(N)C3CC[C@H]4C(C)(C)[C@@H](OC5CN(C6COC6)CCO5)CCC45CC35CCC21C)C(C)(C)O. The Morgan fingerprint density at radius 3 is 2.46 bits per heavy atom. The second-order valence-corrected chi connectivity index (χ2v) is 19.1. The molecule has 0 aromatic rings. The molecule has 1 amide bonds. The lowest BCUT2D eigenvalue weighted by atomic mass is 9.43. The van der Waals surface area contributed by atoms with Crippen LogP contribution in [0, 0.1) is 45.3 Å². The van der Waals surface area contributed by atoms with Gasteiger partial charge in [-0.3, -0.25) is 9.69 Å². The van der Waals surface area contributed by atoms with E-state index in [-0.39, 0.29) is 57.7 Å². The maximum absolute atomic E-state index is 12.5. The third-order valence-corrected chi connectivity index (χ3v) is 16.3. The van der Waals surface area contributed by atoms with E-state index in [1.807, 2.05) is 0 Å². The number of morpholine rings is 1. The number of hydrogen-bond donors (Lipinski definition) is 4. The van der Waals surface area contributed by atoms with E-state index in [1.54, 1.807) is 13.8 Å². The molecule has 10 heteroatoms. The van der Waals surface area contributed by atoms with Crippen molar-refractivity contribution in [2.45, 2.75) is 154 Å². The number of nitrogens with one attached hydrogen (secondary N) is 1. The van der Waals surface area contributed by atoms with E-state index in [9.17, 15) is 15.0 Å². The van der Waals surface area contributed by atoms with Crippen molar-refractivity contribution in [3.63, 3.8) is 0 Å². The number of ether oxygens (including phenoxy) is 4. The standard InChI is InChI=1S/C38H63N3O7/c1-21-16-24(31(34(5,6)44)40-22(2)42)47-30-29(21)35(7)12-13-37-20-36(37)11-10-27(48-28-17-41(14-15-46-28)23-18-45-19-23)33(3,4)25(36)8-9-26(37)38(35,39)32(30)43/h21,23-32,43-44H,8-20,39H2,1-7H3,(H,40,42)/t21-,24?,25+,26?,27+,28?,29+,30?,31+,32+,35?,36?,37?,38+/m1/s1. The van der Waals surface area contributed by atoms with Crippen LogP contribution in [0.2, 0.25) is 0 Å². The van der Waals surface area contributed by atoms with Gasteiger partial charge in [-0.2, -0.15) is 0 Å². The summed E-state index contributed by atoms with van der Waals surface area (Å²) in [5.41, 5.74) is 6.04. The number of hydrogen-bond acceptors (Lipinski definition) is 9. The molecule has 8 fully saturated rings. The lowest BCUT2D eigenvalue weighted by Gasteiger charge is -2.63. The summed E-state index contributed by atoms with van der Waals surface area (Å²) in [6.07, 6.45) is 6.77. The van der Waals surface area contributed by atoms with Gasteiger partial charge in [0.1, 0.15) is 0 Å². The zero-order valence-electron chi connectivity index (χ0n) is 30.5. The summed E-state index contributed by atoms with van der Waals surface area (Å²) in [6.45, 7) is 18.6. The Bertz CT molecular complexity index is 1290. The minimum atomic E-state index is -1.17. The lowest BCUT2D eigenvalue weighted by molar-refractivity contribution is -0.254. The van der Waals surface area contributed by atoms with Crippen LogP contribution < -0.4 is 11.1 Å². The zero-order valence-corrected chi connectivity index (χ0v) is 30.5. The molecule has 2 spiro atoms. The maximum atomic E-state index is 12.5. The first kappa shape index (κ1) is 34.2. The quantitative estimate of drug-likeness (QED) is 0.335. The van der Waals surface area contributed by atoms with Crippen LogP contribution in [0.3, 0.4) is 0 Å². The number of carbonyl (C=O) groups excluding carboxylic acids is 1. The number of aliphatic hydroxyl groups is 2. The number of fused-ring (bicyclic) bond motifs is 4. The van der Waals surface area contributed by atoms with Crippen LogP contribution in [0.1, 0.15) is 99.8 Å². The molecule has 0 aromatic heterocycles. The van der Waals surface area contributed by atoms with E-state index in [2.05, 4.69) is 37.9 Å². The molecule has 0 aromatic carbocycles. The summed E-state index contributed by atoms with van der Waals surface area (Å²) >= 11 is 0. The Morgan fingerprint density at radius 2 is 1.79 bits per heavy atom. The molecule has 3 aliphatic heterocycles. The molecule has 5 aliphatic carbocycles. The van der Waals surface area contributed by atoms with Crippen molar-refractivity contribution in [1.29, 1.82) is 0 Å². The molecule has 8 rings (SSSR count). The third-order valence-electron chi connectivity index (χ3n) is 16.3. The molecule has 7 unspecified atom stereocenters. The molecular formula is C38H63N3O7. The molecule has 272 valence electrons. The summed E-state index contributed by atoms with van der Waals surface area (Å²) in [5.74, 6) is 0.959. The molecule has 14 atom stereocenters. The van der Waals surface area contributed by atoms with Crippen LogP contribution in [-0.2, 0) is 23.7 Å². The van der Waals surface area contributed by atoms with Crippen LogP contribution in [0.25, 0.3) is 0 Å².